The van der Waals surface area contributed by atoms with Gasteiger partial charge in [0.1, 0.15) is 12.2 Å². The van der Waals surface area contributed by atoms with Gasteiger partial charge in [-0.2, -0.15) is 0 Å². The minimum atomic E-state index is -1.35. The third kappa shape index (κ3) is 1.09. The van der Waals surface area contributed by atoms with Gasteiger partial charge in [0.25, 0.3) is 0 Å². The van der Waals surface area contributed by atoms with E-state index in [2.05, 4.69) is 13.8 Å². The topological polar surface area (TPSA) is 88.1 Å². The standard InChI is InChI=1S/C21H26O7/c1-7-8(2)19-11(5)15(23)27-17(19)28-21-16(24)26-12(7)20(19,21)9(3)13-18(21,6)10(4)14(22)25-13/h7-13,17H,1-6H3/t7-,8+,9-,10+,11-,12?,13?,17-,18-,19?,20?,21-/m0/s1. The smallest absolute Gasteiger partial charge is 0.340 e. The highest BCUT2D eigenvalue weighted by atomic mass is 16.7. The molecule has 2 spiro atoms. The fraction of sp³-hybridized carbons (Fsp3) is 0.857. The molecule has 4 heterocycles. The molecule has 0 aromatic rings. The maximum absolute atomic E-state index is 13.6. The molecule has 0 bridgehead atoms. The molecule has 6 fully saturated rings. The molecule has 0 aromatic carbocycles. The van der Waals surface area contributed by atoms with Crippen LogP contribution in [0.1, 0.15) is 41.5 Å². The quantitative estimate of drug-likeness (QED) is 0.459. The van der Waals surface area contributed by atoms with E-state index in [0.29, 0.717) is 0 Å². The number of carbonyl (C=O) groups is 3. The van der Waals surface area contributed by atoms with Crippen LogP contribution < -0.4 is 0 Å². The van der Waals surface area contributed by atoms with Crippen LogP contribution in [0.4, 0.5) is 0 Å². The van der Waals surface area contributed by atoms with Gasteiger partial charge in [-0.15, -0.1) is 0 Å². The van der Waals surface area contributed by atoms with Crippen LogP contribution in [0.25, 0.3) is 0 Å². The second-order valence-electron chi connectivity index (χ2n) is 10.2. The van der Waals surface area contributed by atoms with E-state index in [0.717, 1.165) is 0 Å². The summed E-state index contributed by atoms with van der Waals surface area (Å²) in [5.41, 5.74) is -3.67. The van der Waals surface area contributed by atoms with Crippen LogP contribution in [0.5, 0.6) is 0 Å². The van der Waals surface area contributed by atoms with E-state index in [1.165, 1.54) is 0 Å². The Kier molecular flexibility index (Phi) is 2.63. The molecule has 4 aliphatic heterocycles. The lowest BCUT2D eigenvalue weighted by molar-refractivity contribution is -0.218. The van der Waals surface area contributed by atoms with Crippen LogP contribution in [0.3, 0.4) is 0 Å². The summed E-state index contributed by atoms with van der Waals surface area (Å²) in [7, 11) is 0. The molecule has 4 unspecified atom stereocenters. The second kappa shape index (κ2) is 4.27. The van der Waals surface area contributed by atoms with E-state index in [9.17, 15) is 14.4 Å². The fourth-order valence-electron chi connectivity index (χ4n) is 9.07. The number of hydrogen-bond donors (Lipinski definition) is 0. The van der Waals surface area contributed by atoms with E-state index in [1.54, 1.807) is 0 Å². The zero-order valence-electron chi connectivity index (χ0n) is 17.0. The predicted molar refractivity (Wildman–Crippen MR) is 92.2 cm³/mol. The molecule has 4 saturated heterocycles. The van der Waals surface area contributed by atoms with E-state index in [4.69, 9.17) is 18.9 Å². The SMILES string of the molecule is C[C@@H]1C2OC(=O)[C@@]34O[C@@H]5OC(=O)[C@H](C)C5([C@@H]1C)C23[C@@H](C)C1OC(=O)[C@@H](C)[C@@]14C. The first-order valence-corrected chi connectivity index (χ1v) is 10.4. The molecule has 0 aromatic heterocycles. The number of rotatable bonds is 0. The Morgan fingerprint density at radius 2 is 1.43 bits per heavy atom. The molecule has 6 aliphatic rings. The normalized spacial score (nSPS) is 65.6. The summed E-state index contributed by atoms with van der Waals surface area (Å²) in [6.07, 6.45) is -1.64. The van der Waals surface area contributed by atoms with Crippen LogP contribution in [-0.2, 0) is 33.3 Å². The maximum Gasteiger partial charge on any atom is 0.340 e. The van der Waals surface area contributed by atoms with Crippen LogP contribution in [0, 0.1) is 45.8 Å². The molecule has 0 amide bonds. The molecule has 6 rings (SSSR count). The van der Waals surface area contributed by atoms with Crippen molar-refractivity contribution >= 4 is 17.9 Å². The van der Waals surface area contributed by atoms with E-state index >= 15 is 0 Å². The van der Waals surface area contributed by atoms with E-state index in [-0.39, 0.29) is 35.8 Å². The van der Waals surface area contributed by atoms with Crippen molar-refractivity contribution in [1.82, 2.24) is 0 Å². The summed E-state index contributed by atoms with van der Waals surface area (Å²) >= 11 is 0. The maximum atomic E-state index is 13.6. The van der Waals surface area contributed by atoms with Gasteiger partial charge in [0.2, 0.25) is 6.29 Å². The average molecular weight is 390 g/mol. The first kappa shape index (κ1) is 17.2. The van der Waals surface area contributed by atoms with Crippen LogP contribution in [-0.4, -0.2) is 42.0 Å². The Morgan fingerprint density at radius 3 is 2.11 bits per heavy atom. The van der Waals surface area contributed by atoms with Crippen molar-refractivity contribution in [3.05, 3.63) is 0 Å². The zero-order chi connectivity index (χ0) is 20.2. The minimum absolute atomic E-state index is 0.0464. The van der Waals surface area contributed by atoms with Gasteiger partial charge in [0.05, 0.1) is 28.1 Å². The van der Waals surface area contributed by atoms with Gasteiger partial charge >= 0.3 is 17.9 Å². The predicted octanol–water partition coefficient (Wildman–Crippen LogP) is 1.68. The number of fused-ring (bicyclic) bond motifs is 1. The number of hydrogen-bond acceptors (Lipinski definition) is 7. The Morgan fingerprint density at radius 1 is 0.786 bits per heavy atom. The minimum Gasteiger partial charge on any atom is -0.461 e. The molecular formula is C21H26O7. The monoisotopic (exact) mass is 390 g/mol. The van der Waals surface area contributed by atoms with Crippen LogP contribution in [0.2, 0.25) is 0 Å². The van der Waals surface area contributed by atoms with Crippen molar-refractivity contribution < 1.29 is 33.3 Å². The summed E-state index contributed by atoms with van der Waals surface area (Å²) in [5, 5.41) is 0. The largest absolute Gasteiger partial charge is 0.461 e. The molecule has 0 radical (unpaired) electrons. The van der Waals surface area contributed by atoms with Crippen molar-refractivity contribution in [2.24, 2.45) is 45.8 Å². The number of esters is 3. The van der Waals surface area contributed by atoms with Gasteiger partial charge in [-0.1, -0.05) is 41.5 Å². The lowest BCUT2D eigenvalue weighted by atomic mass is 9.49. The molecule has 2 aliphatic carbocycles. The van der Waals surface area contributed by atoms with Gasteiger partial charge in [0.15, 0.2) is 5.60 Å². The molecule has 152 valence electrons. The van der Waals surface area contributed by atoms with Crippen molar-refractivity contribution in [3.63, 3.8) is 0 Å². The highest BCUT2D eigenvalue weighted by Crippen LogP contribution is 2.88. The van der Waals surface area contributed by atoms with Crippen molar-refractivity contribution in [3.8, 4) is 0 Å². The molecular weight excluding hydrogens is 364 g/mol. The molecule has 0 N–H and O–H groups in total. The first-order valence-electron chi connectivity index (χ1n) is 10.4. The molecule has 12 atom stereocenters. The summed E-state index contributed by atoms with van der Waals surface area (Å²) in [6, 6.07) is 0. The highest BCUT2D eigenvalue weighted by Gasteiger charge is 3.01. The van der Waals surface area contributed by atoms with Crippen molar-refractivity contribution in [2.75, 3.05) is 0 Å². The van der Waals surface area contributed by atoms with Crippen LogP contribution >= 0.6 is 0 Å². The van der Waals surface area contributed by atoms with Gasteiger partial charge < -0.3 is 18.9 Å². The Hall–Kier alpha value is -1.63. The van der Waals surface area contributed by atoms with Gasteiger partial charge in [-0.05, 0) is 11.8 Å². The van der Waals surface area contributed by atoms with Crippen molar-refractivity contribution in [1.29, 1.82) is 0 Å². The average Bonchev–Trinajstić information content (AvgIpc) is 3.33. The first-order chi connectivity index (χ1) is 13.1. The number of carbonyl (C=O) groups excluding carboxylic acids is 3. The van der Waals surface area contributed by atoms with E-state index in [1.807, 2.05) is 27.7 Å². The number of ether oxygens (including phenoxy) is 4. The Balaban J connectivity index is 1.74. The molecule has 28 heavy (non-hydrogen) atoms. The second-order valence-corrected chi connectivity index (χ2v) is 10.2. The lowest BCUT2D eigenvalue weighted by Crippen LogP contribution is -2.61. The summed E-state index contributed by atoms with van der Waals surface area (Å²) < 4.78 is 24.3. The van der Waals surface area contributed by atoms with Gasteiger partial charge in [-0.3, -0.25) is 9.59 Å². The van der Waals surface area contributed by atoms with Crippen LogP contribution in [0.15, 0.2) is 0 Å². The lowest BCUT2D eigenvalue weighted by Gasteiger charge is -2.46. The zero-order valence-corrected chi connectivity index (χ0v) is 17.0. The van der Waals surface area contributed by atoms with Gasteiger partial charge in [0, 0.05) is 5.92 Å². The van der Waals surface area contributed by atoms with E-state index < -0.39 is 52.0 Å². The van der Waals surface area contributed by atoms with Crippen molar-refractivity contribution in [2.45, 2.75) is 65.6 Å². The third-order valence-corrected chi connectivity index (χ3v) is 10.3. The third-order valence-electron chi connectivity index (χ3n) is 10.3. The Bertz CT molecular complexity index is 869. The highest BCUT2D eigenvalue weighted by molar-refractivity contribution is 5.92. The Labute approximate surface area is 163 Å². The van der Waals surface area contributed by atoms with Gasteiger partial charge in [-0.25, -0.2) is 4.79 Å². The summed E-state index contributed by atoms with van der Waals surface area (Å²) in [5.74, 6) is -2.05. The molecule has 2 saturated carbocycles. The molecule has 7 heteroatoms. The fourth-order valence-corrected chi connectivity index (χ4v) is 9.07. The molecule has 7 nitrogen and oxygen atoms in total. The summed E-state index contributed by atoms with van der Waals surface area (Å²) in [4.78, 5) is 38.9. The summed E-state index contributed by atoms with van der Waals surface area (Å²) in [6.45, 7) is 11.9.